The monoisotopic (exact) mass is 824 g/mol. The first-order valence-electron chi connectivity index (χ1n) is 21.8. The van der Waals surface area contributed by atoms with Crippen molar-refractivity contribution in [2.75, 3.05) is 19.8 Å². The Morgan fingerprint density at radius 1 is 0.561 bits per heavy atom. The molecule has 1 amide bonds. The highest BCUT2D eigenvalue weighted by Gasteiger charge is 2.28. The predicted molar refractivity (Wildman–Crippen MR) is 231 cm³/mol. The SMILES string of the molecule is CCCCC/C=C\C/C=C\C/C=C\C/C=C\CCCCCCCC(=O)NC(COP(=O)(O)OCC(O)COC(=O)CCCCCCC/C=C\CCCCC)C(=O)O. The Balaban J connectivity index is 3.97. The molecule has 0 heterocycles. The number of carbonyl (C=O) groups excluding carboxylic acids is 2. The van der Waals surface area contributed by atoms with Gasteiger partial charge in [0.15, 0.2) is 6.04 Å². The van der Waals surface area contributed by atoms with Crippen LogP contribution in [0.3, 0.4) is 0 Å². The van der Waals surface area contributed by atoms with Gasteiger partial charge in [0.1, 0.15) is 12.7 Å². The van der Waals surface area contributed by atoms with Gasteiger partial charge in [-0.05, 0) is 83.5 Å². The van der Waals surface area contributed by atoms with Gasteiger partial charge in [0.25, 0.3) is 0 Å². The summed E-state index contributed by atoms with van der Waals surface area (Å²) in [5, 5.41) is 21.8. The Morgan fingerprint density at radius 3 is 1.46 bits per heavy atom. The highest BCUT2D eigenvalue weighted by Crippen LogP contribution is 2.43. The zero-order valence-electron chi connectivity index (χ0n) is 35.4. The quantitative estimate of drug-likeness (QED) is 0.0202. The minimum Gasteiger partial charge on any atom is -0.480 e. The van der Waals surface area contributed by atoms with E-state index in [1.165, 1.54) is 44.9 Å². The lowest BCUT2D eigenvalue weighted by molar-refractivity contribution is -0.147. The van der Waals surface area contributed by atoms with Crippen LogP contribution in [-0.2, 0) is 32.7 Å². The maximum absolute atomic E-state index is 12.3. The average molecular weight is 824 g/mol. The number of carboxylic acid groups (broad SMARTS) is 1. The second-order valence-corrected chi connectivity index (χ2v) is 16.0. The number of hydrogen-bond acceptors (Lipinski definition) is 8. The minimum absolute atomic E-state index is 0.121. The largest absolute Gasteiger partial charge is 0.480 e. The molecule has 0 rings (SSSR count). The molecule has 0 aliphatic heterocycles. The van der Waals surface area contributed by atoms with Crippen LogP contribution < -0.4 is 5.32 Å². The topological polar surface area (TPSA) is 169 Å². The number of allylic oxidation sites excluding steroid dienone is 10. The van der Waals surface area contributed by atoms with E-state index in [1.807, 2.05) is 0 Å². The molecule has 0 saturated heterocycles. The van der Waals surface area contributed by atoms with E-state index in [2.05, 4.69) is 79.9 Å². The number of ether oxygens (including phenoxy) is 1. The number of amides is 1. The van der Waals surface area contributed by atoms with Crippen LogP contribution in [0, 0.1) is 0 Å². The van der Waals surface area contributed by atoms with Crippen molar-refractivity contribution in [3.8, 4) is 0 Å². The fourth-order valence-corrected chi connectivity index (χ4v) is 6.36. The van der Waals surface area contributed by atoms with Crippen molar-refractivity contribution in [1.82, 2.24) is 5.32 Å². The Labute approximate surface area is 345 Å². The summed E-state index contributed by atoms with van der Waals surface area (Å²) in [6.07, 6.45) is 45.3. The number of aliphatic hydroxyl groups excluding tert-OH is 1. The summed E-state index contributed by atoms with van der Waals surface area (Å²) in [5.41, 5.74) is 0. The number of carbonyl (C=O) groups is 3. The number of carboxylic acids is 1. The highest BCUT2D eigenvalue weighted by molar-refractivity contribution is 7.47. The molecular weight excluding hydrogens is 745 g/mol. The van der Waals surface area contributed by atoms with E-state index < -0.39 is 57.6 Å². The van der Waals surface area contributed by atoms with Gasteiger partial charge in [-0.3, -0.25) is 18.6 Å². The summed E-state index contributed by atoms with van der Waals surface area (Å²) in [5.74, 6) is -2.41. The van der Waals surface area contributed by atoms with Crippen LogP contribution in [0.15, 0.2) is 60.8 Å². The molecule has 0 saturated carbocycles. The minimum atomic E-state index is -4.76. The lowest BCUT2D eigenvalue weighted by Crippen LogP contribution is -2.43. The van der Waals surface area contributed by atoms with Crippen LogP contribution >= 0.6 is 7.82 Å². The number of aliphatic hydroxyl groups is 1. The molecule has 0 aliphatic rings. The first kappa shape index (κ1) is 54.2. The van der Waals surface area contributed by atoms with Crippen molar-refractivity contribution in [1.29, 1.82) is 0 Å². The van der Waals surface area contributed by atoms with Gasteiger partial charge >= 0.3 is 19.8 Å². The van der Waals surface area contributed by atoms with Crippen molar-refractivity contribution in [2.45, 2.75) is 187 Å². The van der Waals surface area contributed by atoms with Crippen molar-refractivity contribution >= 4 is 25.7 Å². The zero-order chi connectivity index (χ0) is 42.1. The Morgan fingerprint density at radius 2 is 0.965 bits per heavy atom. The van der Waals surface area contributed by atoms with E-state index in [0.29, 0.717) is 12.8 Å². The number of nitrogens with one attached hydrogen (secondary N) is 1. The van der Waals surface area contributed by atoms with Crippen LogP contribution in [0.5, 0.6) is 0 Å². The van der Waals surface area contributed by atoms with Crippen LogP contribution in [0.1, 0.15) is 174 Å². The molecule has 328 valence electrons. The molecule has 0 aromatic carbocycles. The number of phosphoric acid groups is 1. The average Bonchev–Trinajstić information content (AvgIpc) is 3.18. The molecule has 57 heavy (non-hydrogen) atoms. The third kappa shape index (κ3) is 39.8. The van der Waals surface area contributed by atoms with Crippen LogP contribution in [0.25, 0.3) is 0 Å². The molecule has 4 N–H and O–H groups in total. The van der Waals surface area contributed by atoms with Crippen molar-refractivity contribution in [3.63, 3.8) is 0 Å². The van der Waals surface area contributed by atoms with Crippen LogP contribution in [0.4, 0.5) is 0 Å². The summed E-state index contributed by atoms with van der Waals surface area (Å²) in [4.78, 5) is 45.9. The lowest BCUT2D eigenvalue weighted by Gasteiger charge is -2.18. The lowest BCUT2D eigenvalue weighted by atomic mass is 10.1. The molecule has 0 fully saturated rings. The number of unbranched alkanes of at least 4 members (excludes halogenated alkanes) is 16. The molecule has 0 aromatic heterocycles. The third-order valence-corrected chi connectivity index (χ3v) is 9.98. The van der Waals surface area contributed by atoms with Crippen molar-refractivity contribution < 1.29 is 47.8 Å². The zero-order valence-corrected chi connectivity index (χ0v) is 36.3. The second kappa shape index (κ2) is 40.0. The normalized spacial score (nSPS) is 14.3. The van der Waals surface area contributed by atoms with Gasteiger partial charge in [0.05, 0.1) is 13.2 Å². The maximum Gasteiger partial charge on any atom is 0.472 e. The molecular formula is C45H78NO10P. The number of hydrogen-bond donors (Lipinski definition) is 4. The molecule has 0 spiro atoms. The smallest absolute Gasteiger partial charge is 0.472 e. The van der Waals surface area contributed by atoms with E-state index in [4.69, 9.17) is 13.8 Å². The van der Waals surface area contributed by atoms with Gasteiger partial charge in [-0.15, -0.1) is 0 Å². The van der Waals surface area contributed by atoms with Crippen molar-refractivity contribution in [2.24, 2.45) is 0 Å². The van der Waals surface area contributed by atoms with Crippen LogP contribution in [-0.4, -0.2) is 64.9 Å². The third-order valence-electron chi connectivity index (χ3n) is 9.03. The van der Waals surface area contributed by atoms with Gasteiger partial charge in [0.2, 0.25) is 5.91 Å². The molecule has 0 aromatic rings. The molecule has 3 unspecified atom stereocenters. The molecule has 3 atom stereocenters. The molecule has 0 aliphatic carbocycles. The van der Waals surface area contributed by atoms with Gasteiger partial charge < -0.3 is 25.2 Å². The van der Waals surface area contributed by atoms with E-state index >= 15 is 0 Å². The number of aliphatic carboxylic acids is 1. The van der Waals surface area contributed by atoms with Gasteiger partial charge in [-0.2, -0.15) is 0 Å². The summed E-state index contributed by atoms with van der Waals surface area (Å²) in [6.45, 7) is 2.50. The summed E-state index contributed by atoms with van der Waals surface area (Å²) < 4.78 is 26.8. The predicted octanol–water partition coefficient (Wildman–Crippen LogP) is 11.2. The standard InChI is InChI=1S/C45H78NO10P/c1-3-5-7-9-11-13-15-17-18-19-20-21-22-23-24-25-26-28-30-32-34-36-43(48)46-42(45(50)51)40-56-57(52,53)55-39-41(47)38-54-44(49)37-35-33-31-29-27-16-14-12-10-8-6-4-2/h11-14,17-18,20-21,23-24,41-42,47H,3-10,15-16,19,22,25-40H2,1-2H3,(H,46,48)(H,50,51)(H,52,53)/b13-11-,14-12-,18-17-,21-20-,24-23-. The molecule has 11 nitrogen and oxygen atoms in total. The molecule has 0 bridgehead atoms. The maximum atomic E-state index is 12.3. The van der Waals surface area contributed by atoms with Gasteiger partial charge in [-0.1, -0.05) is 139 Å². The fraction of sp³-hybridized carbons (Fsp3) is 0.711. The summed E-state index contributed by atoms with van der Waals surface area (Å²) >= 11 is 0. The highest BCUT2D eigenvalue weighted by atomic mass is 31.2. The number of esters is 1. The van der Waals surface area contributed by atoms with Crippen LogP contribution in [0.2, 0.25) is 0 Å². The first-order chi connectivity index (χ1) is 27.6. The summed E-state index contributed by atoms with van der Waals surface area (Å²) in [7, 11) is -4.76. The molecule has 12 heteroatoms. The number of rotatable bonds is 40. The molecule has 0 radical (unpaired) electrons. The van der Waals surface area contributed by atoms with Gasteiger partial charge in [-0.25, -0.2) is 9.36 Å². The van der Waals surface area contributed by atoms with E-state index in [1.54, 1.807) is 0 Å². The van der Waals surface area contributed by atoms with E-state index in [9.17, 15) is 34.1 Å². The number of phosphoric ester groups is 1. The Bertz CT molecular complexity index is 1200. The first-order valence-corrected chi connectivity index (χ1v) is 23.3. The van der Waals surface area contributed by atoms with E-state index in [-0.39, 0.29) is 12.8 Å². The Hall–Kier alpha value is -2.82. The van der Waals surface area contributed by atoms with Gasteiger partial charge in [0, 0.05) is 12.8 Å². The van der Waals surface area contributed by atoms with E-state index in [0.717, 1.165) is 89.9 Å². The van der Waals surface area contributed by atoms with Crippen molar-refractivity contribution in [3.05, 3.63) is 60.8 Å². The Kier molecular flexibility index (Phi) is 38.0. The second-order valence-electron chi connectivity index (χ2n) is 14.5. The fourth-order valence-electron chi connectivity index (χ4n) is 5.59. The summed E-state index contributed by atoms with van der Waals surface area (Å²) in [6, 6.07) is -1.56.